The topological polar surface area (TPSA) is 77.5 Å². The SMILES string of the molecule is C[C@@H]1Cc2ccccc2N1S(=O)(=O)c1cc(C(=O)[O-])ccc1Br. The third-order valence-corrected chi connectivity index (χ3v) is 6.77. The number of carboxylic acid groups (broad SMARTS) is 1. The average Bonchev–Trinajstić information content (AvgIpc) is 2.83. The maximum atomic E-state index is 13.1. The van der Waals surface area contributed by atoms with Crippen molar-refractivity contribution in [3.8, 4) is 0 Å². The minimum atomic E-state index is -3.89. The van der Waals surface area contributed by atoms with E-state index in [-0.39, 0.29) is 16.5 Å². The van der Waals surface area contributed by atoms with Gasteiger partial charge in [0.25, 0.3) is 10.0 Å². The third kappa shape index (κ3) is 2.64. The average molecular weight is 395 g/mol. The molecular weight excluding hydrogens is 382 g/mol. The van der Waals surface area contributed by atoms with E-state index in [9.17, 15) is 18.3 Å². The summed E-state index contributed by atoms with van der Waals surface area (Å²) in [6.07, 6.45) is 0.618. The summed E-state index contributed by atoms with van der Waals surface area (Å²) in [5.41, 5.74) is 1.41. The molecule has 0 N–H and O–H groups in total. The normalized spacial score (nSPS) is 17.1. The maximum Gasteiger partial charge on any atom is 0.265 e. The highest BCUT2D eigenvalue weighted by Crippen LogP contribution is 2.38. The van der Waals surface area contributed by atoms with E-state index < -0.39 is 16.0 Å². The van der Waals surface area contributed by atoms with Gasteiger partial charge < -0.3 is 9.90 Å². The first-order valence-electron chi connectivity index (χ1n) is 6.95. The van der Waals surface area contributed by atoms with Gasteiger partial charge in [-0.3, -0.25) is 4.31 Å². The molecule has 0 saturated heterocycles. The Balaban J connectivity index is 2.17. The number of carbonyl (C=O) groups excluding carboxylic acids is 1. The van der Waals surface area contributed by atoms with Crippen LogP contribution < -0.4 is 9.41 Å². The maximum absolute atomic E-state index is 13.1. The molecule has 1 aliphatic rings. The molecule has 120 valence electrons. The van der Waals surface area contributed by atoms with Crippen molar-refractivity contribution in [2.45, 2.75) is 24.3 Å². The summed E-state index contributed by atoms with van der Waals surface area (Å²) < 4.78 is 27.8. The molecule has 0 aliphatic carbocycles. The second-order valence-electron chi connectivity index (χ2n) is 5.42. The molecule has 23 heavy (non-hydrogen) atoms. The van der Waals surface area contributed by atoms with Crippen LogP contribution in [-0.4, -0.2) is 20.4 Å². The second kappa shape index (κ2) is 5.65. The Morgan fingerprint density at radius 1 is 1.26 bits per heavy atom. The van der Waals surface area contributed by atoms with E-state index in [1.54, 1.807) is 12.1 Å². The summed E-state index contributed by atoms with van der Waals surface area (Å²) in [4.78, 5) is 11.0. The first-order chi connectivity index (χ1) is 10.8. The van der Waals surface area contributed by atoms with Crippen molar-refractivity contribution >= 4 is 37.6 Å². The summed E-state index contributed by atoms with van der Waals surface area (Å²) in [5.74, 6) is -1.41. The quantitative estimate of drug-likeness (QED) is 0.796. The van der Waals surface area contributed by atoms with Gasteiger partial charge in [0.15, 0.2) is 0 Å². The number of carboxylic acids is 1. The predicted molar refractivity (Wildman–Crippen MR) is 87.7 cm³/mol. The Morgan fingerprint density at radius 3 is 2.65 bits per heavy atom. The van der Waals surface area contributed by atoms with Crippen molar-refractivity contribution in [1.29, 1.82) is 0 Å². The van der Waals surface area contributed by atoms with Crippen LogP contribution in [0.3, 0.4) is 0 Å². The summed E-state index contributed by atoms with van der Waals surface area (Å²) in [7, 11) is -3.89. The Labute approximate surface area is 142 Å². The molecular formula is C16H13BrNO4S-. The first-order valence-corrected chi connectivity index (χ1v) is 9.19. The van der Waals surface area contributed by atoms with Crippen LogP contribution in [0, 0.1) is 0 Å². The fourth-order valence-electron chi connectivity index (χ4n) is 2.84. The van der Waals surface area contributed by atoms with Crippen molar-refractivity contribution in [3.05, 3.63) is 58.1 Å². The second-order valence-corrected chi connectivity index (χ2v) is 8.05. The number of benzene rings is 2. The van der Waals surface area contributed by atoms with Gasteiger partial charge in [-0.05, 0) is 58.6 Å². The molecule has 0 saturated carbocycles. The van der Waals surface area contributed by atoms with Gasteiger partial charge in [-0.25, -0.2) is 8.42 Å². The monoisotopic (exact) mass is 394 g/mol. The van der Waals surface area contributed by atoms with E-state index >= 15 is 0 Å². The van der Waals surface area contributed by atoms with Crippen molar-refractivity contribution in [2.24, 2.45) is 0 Å². The van der Waals surface area contributed by atoms with Crippen LogP contribution in [0.4, 0.5) is 5.69 Å². The largest absolute Gasteiger partial charge is 0.545 e. The zero-order chi connectivity index (χ0) is 16.8. The van der Waals surface area contributed by atoms with E-state index in [4.69, 9.17) is 0 Å². The number of hydrogen-bond acceptors (Lipinski definition) is 4. The molecule has 3 rings (SSSR count). The summed E-state index contributed by atoms with van der Waals surface area (Å²) in [5, 5.41) is 11.0. The van der Waals surface area contributed by atoms with Crippen molar-refractivity contribution < 1.29 is 18.3 Å². The zero-order valence-corrected chi connectivity index (χ0v) is 14.6. The van der Waals surface area contributed by atoms with Gasteiger partial charge in [0, 0.05) is 10.5 Å². The Bertz CT molecular complexity index is 895. The number of para-hydroxylation sites is 1. The van der Waals surface area contributed by atoms with Gasteiger partial charge >= 0.3 is 0 Å². The van der Waals surface area contributed by atoms with E-state index in [0.29, 0.717) is 16.6 Å². The van der Waals surface area contributed by atoms with Gasteiger partial charge in [0.05, 0.1) is 11.7 Å². The van der Waals surface area contributed by atoms with Crippen LogP contribution in [0.15, 0.2) is 51.8 Å². The molecule has 1 heterocycles. The van der Waals surface area contributed by atoms with Crippen LogP contribution in [0.25, 0.3) is 0 Å². The van der Waals surface area contributed by atoms with Crippen LogP contribution >= 0.6 is 15.9 Å². The van der Waals surface area contributed by atoms with Crippen molar-refractivity contribution in [2.75, 3.05) is 4.31 Å². The highest BCUT2D eigenvalue weighted by Gasteiger charge is 2.36. The number of fused-ring (bicyclic) bond motifs is 1. The third-order valence-electron chi connectivity index (χ3n) is 3.85. The van der Waals surface area contributed by atoms with Gasteiger partial charge in [-0.2, -0.15) is 0 Å². The molecule has 0 unspecified atom stereocenters. The highest BCUT2D eigenvalue weighted by molar-refractivity contribution is 9.10. The number of halogens is 1. The fraction of sp³-hybridized carbons (Fsp3) is 0.188. The standard InChI is InChI=1S/C16H14BrNO4S/c1-10-8-11-4-2-3-5-14(11)18(10)23(21,22)15-9-12(16(19)20)6-7-13(15)17/h2-7,9-10H,8H2,1H3,(H,19,20)/p-1/t10-/m1/s1. The van der Waals surface area contributed by atoms with Crippen molar-refractivity contribution in [1.82, 2.24) is 0 Å². The number of nitrogens with zero attached hydrogens (tertiary/aromatic N) is 1. The summed E-state index contributed by atoms with van der Waals surface area (Å²) in [6.45, 7) is 1.83. The van der Waals surface area contributed by atoms with Crippen LogP contribution in [0.1, 0.15) is 22.8 Å². The first kappa shape index (κ1) is 16.0. The number of sulfonamides is 1. The van der Waals surface area contributed by atoms with Gasteiger partial charge in [0.1, 0.15) is 4.90 Å². The number of rotatable bonds is 3. The Morgan fingerprint density at radius 2 is 1.96 bits per heavy atom. The molecule has 5 nitrogen and oxygen atoms in total. The van der Waals surface area contributed by atoms with E-state index in [1.165, 1.54) is 16.4 Å². The molecule has 0 bridgehead atoms. The number of carbonyl (C=O) groups is 1. The minimum Gasteiger partial charge on any atom is -0.545 e. The van der Waals surface area contributed by atoms with E-state index in [1.807, 2.05) is 19.1 Å². The van der Waals surface area contributed by atoms with Crippen LogP contribution in [0.5, 0.6) is 0 Å². The van der Waals surface area contributed by atoms with Crippen molar-refractivity contribution in [3.63, 3.8) is 0 Å². The number of hydrogen-bond donors (Lipinski definition) is 0. The Hall–Kier alpha value is -1.86. The lowest BCUT2D eigenvalue weighted by atomic mass is 10.1. The van der Waals surface area contributed by atoms with Gasteiger partial charge in [-0.15, -0.1) is 0 Å². The molecule has 0 fully saturated rings. The lowest BCUT2D eigenvalue weighted by Crippen LogP contribution is -2.36. The molecule has 1 atom stereocenters. The molecule has 2 aromatic rings. The van der Waals surface area contributed by atoms with E-state index in [2.05, 4.69) is 15.9 Å². The predicted octanol–water partition coefficient (Wildman–Crippen LogP) is 1.95. The Kier molecular flexibility index (Phi) is 3.93. The highest BCUT2D eigenvalue weighted by atomic mass is 79.9. The molecule has 1 aliphatic heterocycles. The summed E-state index contributed by atoms with van der Waals surface area (Å²) in [6, 6.07) is 10.9. The zero-order valence-electron chi connectivity index (χ0n) is 12.2. The van der Waals surface area contributed by atoms with E-state index in [0.717, 1.165) is 11.6 Å². The molecule has 0 aromatic heterocycles. The minimum absolute atomic E-state index is 0.0808. The van der Waals surface area contributed by atoms with Gasteiger partial charge in [-0.1, -0.05) is 24.3 Å². The molecule has 0 radical (unpaired) electrons. The smallest absolute Gasteiger partial charge is 0.265 e. The van der Waals surface area contributed by atoms with Gasteiger partial charge in [0.2, 0.25) is 0 Å². The lowest BCUT2D eigenvalue weighted by molar-refractivity contribution is -0.255. The molecule has 0 amide bonds. The summed E-state index contributed by atoms with van der Waals surface area (Å²) >= 11 is 3.20. The molecule has 7 heteroatoms. The number of aromatic carboxylic acids is 1. The fourth-order valence-corrected chi connectivity index (χ4v) is 5.49. The van der Waals surface area contributed by atoms with Crippen LogP contribution in [-0.2, 0) is 16.4 Å². The van der Waals surface area contributed by atoms with Crippen LogP contribution in [0.2, 0.25) is 0 Å². The molecule has 0 spiro atoms. The number of anilines is 1. The molecule has 2 aromatic carbocycles. The lowest BCUT2D eigenvalue weighted by Gasteiger charge is -2.25.